The van der Waals surface area contributed by atoms with E-state index in [1.54, 1.807) is 6.08 Å². The van der Waals surface area contributed by atoms with Crippen LogP contribution in [0.1, 0.15) is 44.6 Å². The lowest BCUT2D eigenvalue weighted by atomic mass is 9.93. The molecule has 0 saturated heterocycles. The highest BCUT2D eigenvalue weighted by Crippen LogP contribution is 2.20. The molecule has 0 aromatic heterocycles. The van der Waals surface area contributed by atoms with Crippen molar-refractivity contribution in [3.05, 3.63) is 48.2 Å². The van der Waals surface area contributed by atoms with E-state index in [2.05, 4.69) is 10.6 Å². The van der Waals surface area contributed by atoms with Gasteiger partial charge in [0.05, 0.1) is 12.2 Å². The van der Waals surface area contributed by atoms with Crippen molar-refractivity contribution in [3.8, 4) is 0 Å². The van der Waals surface area contributed by atoms with Crippen LogP contribution in [0.15, 0.2) is 42.7 Å². The van der Waals surface area contributed by atoms with Crippen LogP contribution in [0.3, 0.4) is 0 Å². The number of allylic oxidation sites excluding steroid dienone is 1. The molecule has 2 atom stereocenters. The minimum atomic E-state index is -0.474. The molecule has 2 rings (SSSR count). The fourth-order valence-corrected chi connectivity index (χ4v) is 3.06. The Bertz CT molecular complexity index is 685. The molecule has 2 N–H and O–H groups in total. The van der Waals surface area contributed by atoms with Crippen molar-refractivity contribution in [1.29, 1.82) is 0 Å². The van der Waals surface area contributed by atoms with Gasteiger partial charge in [-0.25, -0.2) is 0 Å². The van der Waals surface area contributed by atoms with Crippen molar-refractivity contribution >= 4 is 17.6 Å². The molecule has 1 heterocycles. The fraction of sp³-hybridized carbons (Fsp3) is 0.500. The first-order chi connectivity index (χ1) is 13.5. The summed E-state index contributed by atoms with van der Waals surface area (Å²) in [5, 5.41) is 5.80. The van der Waals surface area contributed by atoms with Crippen LogP contribution in [0.4, 0.5) is 0 Å². The minimum Gasteiger partial charge on any atom is -0.494 e. The Morgan fingerprint density at radius 2 is 2.00 bits per heavy atom. The number of amides is 2. The number of carbonyl (C=O) groups is 3. The highest BCUT2D eigenvalue weighted by Gasteiger charge is 2.24. The van der Waals surface area contributed by atoms with Gasteiger partial charge in [0.2, 0.25) is 11.8 Å². The molecule has 0 aliphatic carbocycles. The zero-order chi connectivity index (χ0) is 20.4. The largest absolute Gasteiger partial charge is 0.494 e. The summed E-state index contributed by atoms with van der Waals surface area (Å²) in [5.74, 6) is -0.577. The molecule has 0 radical (unpaired) electrons. The first-order valence-corrected chi connectivity index (χ1v) is 9.83. The van der Waals surface area contributed by atoms with E-state index in [1.807, 2.05) is 44.2 Å². The van der Waals surface area contributed by atoms with Crippen LogP contribution in [0, 0.1) is 11.8 Å². The molecule has 0 saturated carbocycles. The van der Waals surface area contributed by atoms with Crippen LogP contribution in [-0.4, -0.2) is 37.3 Å². The summed E-state index contributed by atoms with van der Waals surface area (Å²) >= 11 is 0. The van der Waals surface area contributed by atoms with E-state index in [1.165, 1.54) is 6.26 Å². The molecule has 1 aliphatic rings. The van der Waals surface area contributed by atoms with Gasteiger partial charge in [0, 0.05) is 31.8 Å². The summed E-state index contributed by atoms with van der Waals surface area (Å²) < 4.78 is 5.31. The van der Waals surface area contributed by atoms with Crippen molar-refractivity contribution in [1.82, 2.24) is 10.6 Å². The third kappa shape index (κ3) is 7.55. The standard InChI is InChI=1S/C22H30N2O4/c1-16(2)13-23-21(26)12-18-9-6-10-28-15-20(25)11-19(14-24-22(18)27)17-7-4-3-5-8-17/h3-8,10,16,18-19H,9,11-15H2,1-2H3,(H,23,26)(H,24,27)/b10-6+/t18-,19-/m0/s1. The molecular formula is C22H30N2O4. The monoisotopic (exact) mass is 386 g/mol. The number of rotatable bonds is 5. The van der Waals surface area contributed by atoms with Gasteiger partial charge >= 0.3 is 0 Å². The Kier molecular flexibility index (Phi) is 8.72. The van der Waals surface area contributed by atoms with Crippen molar-refractivity contribution in [2.45, 2.75) is 39.0 Å². The van der Waals surface area contributed by atoms with E-state index >= 15 is 0 Å². The number of nitrogens with one attached hydrogen (secondary N) is 2. The molecular weight excluding hydrogens is 356 g/mol. The van der Waals surface area contributed by atoms with Gasteiger partial charge in [0.1, 0.15) is 6.61 Å². The number of benzene rings is 1. The highest BCUT2D eigenvalue weighted by molar-refractivity contribution is 5.86. The van der Waals surface area contributed by atoms with Crippen LogP contribution in [-0.2, 0) is 19.1 Å². The SMILES string of the molecule is CC(C)CNC(=O)C[C@@H]1C/C=C/OCC(=O)C[C@H](c2ccccc2)CNC1=O. The zero-order valence-electron chi connectivity index (χ0n) is 16.6. The maximum Gasteiger partial charge on any atom is 0.223 e. The third-order valence-electron chi connectivity index (χ3n) is 4.64. The van der Waals surface area contributed by atoms with Crippen LogP contribution in [0.25, 0.3) is 0 Å². The van der Waals surface area contributed by atoms with Gasteiger partial charge in [-0.2, -0.15) is 0 Å². The number of Topliss-reactive ketones (excluding diaryl/α,β-unsaturated/α-hetero) is 1. The van der Waals surface area contributed by atoms with Crippen molar-refractivity contribution < 1.29 is 19.1 Å². The molecule has 152 valence electrons. The Morgan fingerprint density at radius 1 is 1.25 bits per heavy atom. The Labute approximate surface area is 166 Å². The number of hydrogen-bond acceptors (Lipinski definition) is 4. The average Bonchev–Trinajstić information content (AvgIpc) is 2.68. The molecule has 2 amide bonds. The highest BCUT2D eigenvalue weighted by atomic mass is 16.5. The molecule has 6 heteroatoms. The van der Waals surface area contributed by atoms with Crippen LogP contribution < -0.4 is 10.6 Å². The summed E-state index contributed by atoms with van der Waals surface area (Å²) in [5.41, 5.74) is 0.995. The molecule has 6 nitrogen and oxygen atoms in total. The summed E-state index contributed by atoms with van der Waals surface area (Å²) in [7, 11) is 0. The molecule has 1 aromatic rings. The van der Waals surface area contributed by atoms with E-state index in [0.29, 0.717) is 25.4 Å². The normalized spacial score (nSPS) is 22.4. The molecule has 0 fully saturated rings. The van der Waals surface area contributed by atoms with Crippen LogP contribution in [0.2, 0.25) is 0 Å². The van der Waals surface area contributed by atoms with Gasteiger partial charge in [0.15, 0.2) is 5.78 Å². The fourth-order valence-electron chi connectivity index (χ4n) is 3.06. The zero-order valence-corrected chi connectivity index (χ0v) is 16.6. The Hall–Kier alpha value is -2.63. The molecule has 0 unspecified atom stereocenters. The van der Waals surface area contributed by atoms with Crippen molar-refractivity contribution in [2.75, 3.05) is 19.7 Å². The predicted octanol–water partition coefficient (Wildman–Crippen LogP) is 2.56. The minimum absolute atomic E-state index is 0.00726. The van der Waals surface area contributed by atoms with Gasteiger partial charge in [-0.05, 0) is 24.0 Å². The van der Waals surface area contributed by atoms with E-state index in [9.17, 15) is 14.4 Å². The Balaban J connectivity index is 2.07. The molecule has 28 heavy (non-hydrogen) atoms. The summed E-state index contributed by atoms with van der Waals surface area (Å²) in [6, 6.07) is 9.65. The van der Waals surface area contributed by atoms with Gasteiger partial charge in [-0.15, -0.1) is 0 Å². The number of ether oxygens (including phenoxy) is 1. The quantitative estimate of drug-likeness (QED) is 0.815. The molecule has 1 aromatic carbocycles. The lowest BCUT2D eigenvalue weighted by molar-refractivity contribution is -0.130. The second-order valence-electron chi connectivity index (χ2n) is 7.61. The summed E-state index contributed by atoms with van der Waals surface area (Å²) in [6.07, 6.45) is 3.94. The molecule has 0 spiro atoms. The molecule has 1 aliphatic heterocycles. The van der Waals surface area contributed by atoms with Crippen molar-refractivity contribution in [2.24, 2.45) is 11.8 Å². The van der Waals surface area contributed by atoms with E-state index in [0.717, 1.165) is 5.56 Å². The van der Waals surface area contributed by atoms with E-state index in [-0.39, 0.29) is 43.0 Å². The predicted molar refractivity (Wildman–Crippen MR) is 107 cm³/mol. The summed E-state index contributed by atoms with van der Waals surface area (Å²) in [6.45, 7) is 4.99. The van der Waals surface area contributed by atoms with Gasteiger partial charge in [-0.1, -0.05) is 44.2 Å². The lowest BCUT2D eigenvalue weighted by Crippen LogP contribution is -2.38. The summed E-state index contributed by atoms with van der Waals surface area (Å²) in [4.78, 5) is 37.1. The van der Waals surface area contributed by atoms with E-state index < -0.39 is 5.92 Å². The average molecular weight is 386 g/mol. The maximum atomic E-state index is 12.7. The molecule has 0 bridgehead atoms. The van der Waals surface area contributed by atoms with Crippen LogP contribution in [0.5, 0.6) is 0 Å². The second-order valence-corrected chi connectivity index (χ2v) is 7.61. The third-order valence-corrected chi connectivity index (χ3v) is 4.64. The second kappa shape index (κ2) is 11.3. The first-order valence-electron chi connectivity index (χ1n) is 9.83. The number of ketones is 1. The lowest BCUT2D eigenvalue weighted by Gasteiger charge is -2.21. The van der Waals surface area contributed by atoms with Gasteiger partial charge in [-0.3, -0.25) is 14.4 Å². The topological polar surface area (TPSA) is 84.5 Å². The number of carbonyl (C=O) groups excluding carboxylic acids is 3. The smallest absolute Gasteiger partial charge is 0.223 e. The Morgan fingerprint density at radius 3 is 2.71 bits per heavy atom. The first kappa shape index (κ1) is 21.7. The maximum absolute atomic E-state index is 12.7. The van der Waals surface area contributed by atoms with Crippen LogP contribution >= 0.6 is 0 Å². The van der Waals surface area contributed by atoms with E-state index in [4.69, 9.17) is 4.74 Å². The van der Waals surface area contributed by atoms with Crippen molar-refractivity contribution in [3.63, 3.8) is 0 Å². The van der Waals surface area contributed by atoms with Gasteiger partial charge < -0.3 is 15.4 Å². The number of hydrogen-bond donors (Lipinski definition) is 2. The van der Waals surface area contributed by atoms with Gasteiger partial charge in [0.25, 0.3) is 0 Å².